The summed E-state index contributed by atoms with van der Waals surface area (Å²) >= 11 is 0. The van der Waals surface area contributed by atoms with Gasteiger partial charge in [-0.05, 0) is 24.8 Å². The molecule has 2 saturated heterocycles. The normalized spacial score (nSPS) is 16.4. The average molecular weight is 518 g/mol. The van der Waals surface area contributed by atoms with Crippen molar-refractivity contribution < 1.29 is 33.4 Å². The van der Waals surface area contributed by atoms with Crippen molar-refractivity contribution in [1.82, 2.24) is 15.1 Å². The number of hydrogen-bond donors (Lipinski definition) is 1. The van der Waals surface area contributed by atoms with Crippen LogP contribution >= 0.6 is 0 Å². The third kappa shape index (κ3) is 9.26. The lowest BCUT2D eigenvalue weighted by molar-refractivity contribution is -0.144. The van der Waals surface area contributed by atoms with Crippen LogP contribution in [0.4, 0.5) is 9.59 Å². The Hall–Kier alpha value is -3.30. The van der Waals surface area contributed by atoms with Gasteiger partial charge in [-0.3, -0.25) is 14.5 Å². The van der Waals surface area contributed by atoms with Gasteiger partial charge in [-0.25, -0.2) is 9.59 Å². The molecule has 204 valence electrons. The van der Waals surface area contributed by atoms with Gasteiger partial charge in [0.2, 0.25) is 5.91 Å². The van der Waals surface area contributed by atoms with Crippen molar-refractivity contribution in [3.05, 3.63) is 35.9 Å². The molecule has 2 fully saturated rings. The van der Waals surface area contributed by atoms with Crippen LogP contribution < -0.4 is 5.32 Å². The van der Waals surface area contributed by atoms with Crippen molar-refractivity contribution >= 4 is 24.1 Å². The van der Waals surface area contributed by atoms with Gasteiger partial charge in [-0.15, -0.1) is 0 Å². The molecule has 1 N–H and O–H groups in total. The number of likely N-dealkylation sites (tertiary alicyclic amines) is 1. The highest BCUT2D eigenvalue weighted by Crippen LogP contribution is 2.33. The van der Waals surface area contributed by atoms with Crippen LogP contribution in [0.25, 0.3) is 0 Å². The maximum absolute atomic E-state index is 12.6. The smallest absolute Gasteiger partial charge is 0.411 e. The summed E-state index contributed by atoms with van der Waals surface area (Å²) in [5.41, 5.74) is 0.295. The van der Waals surface area contributed by atoms with Gasteiger partial charge >= 0.3 is 18.2 Å². The molecule has 10 heteroatoms. The number of carbonyl (C=O) groups excluding carboxylic acids is 4. The molecule has 0 unspecified atom stereocenters. The van der Waals surface area contributed by atoms with Crippen molar-refractivity contribution in [2.75, 3.05) is 39.3 Å². The summed E-state index contributed by atoms with van der Waals surface area (Å²) in [6.45, 7) is 4.40. The van der Waals surface area contributed by atoms with Crippen LogP contribution in [0.1, 0.15) is 63.9 Å². The lowest BCUT2D eigenvalue weighted by Crippen LogP contribution is -2.49. The van der Waals surface area contributed by atoms with Crippen LogP contribution in [0.5, 0.6) is 0 Å². The summed E-state index contributed by atoms with van der Waals surface area (Å²) in [6, 6.07) is 9.50. The molecule has 2 aliphatic heterocycles. The summed E-state index contributed by atoms with van der Waals surface area (Å²) in [4.78, 5) is 51.8. The SMILES string of the molecule is CCCCOC(=O)CN1CC2(CCN(C(=O)CCCCCNC(=O)OCc3ccccc3)CC2)OC1=O. The Kier molecular flexibility index (Phi) is 11.0. The van der Waals surface area contributed by atoms with E-state index in [2.05, 4.69) is 5.32 Å². The van der Waals surface area contributed by atoms with Crippen LogP contribution in [0.15, 0.2) is 30.3 Å². The number of carbonyl (C=O) groups is 4. The van der Waals surface area contributed by atoms with Gasteiger partial charge in [0.15, 0.2) is 0 Å². The van der Waals surface area contributed by atoms with Gasteiger partial charge in [0.05, 0.1) is 13.2 Å². The summed E-state index contributed by atoms with van der Waals surface area (Å²) < 4.78 is 16.0. The van der Waals surface area contributed by atoms with E-state index in [1.807, 2.05) is 42.2 Å². The molecule has 0 atom stereocenters. The lowest BCUT2D eigenvalue weighted by atomic mass is 9.91. The Morgan fingerprint density at radius 3 is 2.51 bits per heavy atom. The number of piperidine rings is 1. The Morgan fingerprint density at radius 2 is 1.78 bits per heavy atom. The molecule has 1 spiro atoms. The number of rotatable bonds is 13. The van der Waals surface area contributed by atoms with Crippen LogP contribution in [-0.2, 0) is 30.4 Å². The van der Waals surface area contributed by atoms with Crippen LogP contribution in [0.2, 0.25) is 0 Å². The van der Waals surface area contributed by atoms with Crippen molar-refractivity contribution in [2.45, 2.75) is 70.5 Å². The minimum absolute atomic E-state index is 0.0887. The highest BCUT2D eigenvalue weighted by atomic mass is 16.6. The fourth-order valence-electron chi connectivity index (χ4n) is 4.47. The molecule has 0 bridgehead atoms. The molecule has 1 aromatic rings. The molecule has 1 aromatic carbocycles. The van der Waals surface area contributed by atoms with Gasteiger partial charge in [0.1, 0.15) is 18.8 Å². The van der Waals surface area contributed by atoms with E-state index in [0.29, 0.717) is 52.0 Å². The van der Waals surface area contributed by atoms with E-state index < -0.39 is 23.8 Å². The van der Waals surface area contributed by atoms with E-state index in [9.17, 15) is 19.2 Å². The van der Waals surface area contributed by atoms with E-state index in [1.165, 1.54) is 4.90 Å². The summed E-state index contributed by atoms with van der Waals surface area (Å²) in [5.74, 6) is -0.333. The van der Waals surface area contributed by atoms with Crippen LogP contribution in [0.3, 0.4) is 0 Å². The van der Waals surface area contributed by atoms with E-state index in [4.69, 9.17) is 14.2 Å². The Labute approximate surface area is 218 Å². The molecule has 3 amide bonds. The molecule has 3 rings (SSSR count). The molecule has 10 nitrogen and oxygen atoms in total. The van der Waals surface area contributed by atoms with E-state index in [1.54, 1.807) is 0 Å². The number of nitrogens with zero attached hydrogens (tertiary/aromatic N) is 2. The molecular weight excluding hydrogens is 478 g/mol. The molecule has 0 aromatic heterocycles. The highest BCUT2D eigenvalue weighted by Gasteiger charge is 2.47. The largest absolute Gasteiger partial charge is 0.464 e. The van der Waals surface area contributed by atoms with E-state index in [0.717, 1.165) is 37.7 Å². The van der Waals surface area contributed by atoms with E-state index >= 15 is 0 Å². The van der Waals surface area contributed by atoms with Gasteiger partial charge in [-0.2, -0.15) is 0 Å². The quantitative estimate of drug-likeness (QED) is 0.241. The van der Waals surface area contributed by atoms with Gasteiger partial charge in [0, 0.05) is 38.9 Å². The number of alkyl carbamates (subject to hydrolysis) is 1. The Morgan fingerprint density at radius 1 is 1.03 bits per heavy atom. The number of hydrogen-bond acceptors (Lipinski definition) is 7. The number of amides is 3. The second-order valence-electron chi connectivity index (χ2n) is 9.66. The first-order valence-electron chi connectivity index (χ1n) is 13.3. The van der Waals surface area contributed by atoms with Gasteiger partial charge < -0.3 is 24.4 Å². The topological polar surface area (TPSA) is 114 Å². The van der Waals surface area contributed by atoms with Crippen molar-refractivity contribution in [1.29, 1.82) is 0 Å². The van der Waals surface area contributed by atoms with Crippen molar-refractivity contribution in [3.63, 3.8) is 0 Å². The molecule has 0 saturated carbocycles. The maximum Gasteiger partial charge on any atom is 0.411 e. The summed E-state index contributed by atoms with van der Waals surface area (Å²) in [6.07, 6.45) is 4.68. The van der Waals surface area contributed by atoms with Gasteiger partial charge in [-0.1, -0.05) is 50.1 Å². The Balaban J connectivity index is 1.25. The first kappa shape index (κ1) is 28.3. The number of nitrogens with one attached hydrogen (secondary N) is 1. The average Bonchev–Trinajstić information content (AvgIpc) is 3.19. The minimum Gasteiger partial charge on any atom is -0.464 e. The molecule has 37 heavy (non-hydrogen) atoms. The fraction of sp³-hybridized carbons (Fsp3) is 0.630. The predicted octanol–water partition coefficient (Wildman–Crippen LogP) is 3.63. The van der Waals surface area contributed by atoms with Crippen LogP contribution in [-0.4, -0.2) is 78.8 Å². The Bertz CT molecular complexity index is 901. The van der Waals surface area contributed by atoms with Crippen LogP contribution in [0, 0.1) is 0 Å². The second kappa shape index (κ2) is 14.4. The summed E-state index contributed by atoms with van der Waals surface area (Å²) in [5, 5.41) is 2.73. The van der Waals surface area contributed by atoms with Gasteiger partial charge in [0.25, 0.3) is 0 Å². The second-order valence-corrected chi connectivity index (χ2v) is 9.66. The maximum atomic E-state index is 12.6. The monoisotopic (exact) mass is 517 g/mol. The molecule has 2 aliphatic rings. The third-order valence-corrected chi connectivity index (χ3v) is 6.70. The number of ether oxygens (including phenoxy) is 3. The summed E-state index contributed by atoms with van der Waals surface area (Å²) in [7, 11) is 0. The zero-order chi connectivity index (χ0) is 26.5. The zero-order valence-electron chi connectivity index (χ0n) is 21.7. The molecule has 2 heterocycles. The first-order valence-corrected chi connectivity index (χ1v) is 13.3. The first-order chi connectivity index (χ1) is 17.9. The third-order valence-electron chi connectivity index (χ3n) is 6.70. The lowest BCUT2D eigenvalue weighted by Gasteiger charge is -2.37. The highest BCUT2D eigenvalue weighted by molar-refractivity contribution is 5.80. The predicted molar refractivity (Wildman–Crippen MR) is 136 cm³/mol. The van der Waals surface area contributed by atoms with Crippen molar-refractivity contribution in [3.8, 4) is 0 Å². The molecule has 0 radical (unpaired) electrons. The fourth-order valence-corrected chi connectivity index (χ4v) is 4.47. The molecule has 0 aliphatic carbocycles. The minimum atomic E-state index is -0.641. The number of unbranched alkanes of at least 4 members (excludes halogenated alkanes) is 3. The van der Waals surface area contributed by atoms with Crippen molar-refractivity contribution in [2.24, 2.45) is 0 Å². The number of benzene rings is 1. The number of esters is 1. The standard InChI is InChI=1S/C27H39N3O7/c1-2-3-18-35-24(32)19-30-21-27(37-26(30)34)13-16-29(17-14-27)23(31)12-8-5-9-15-28-25(33)36-20-22-10-6-4-7-11-22/h4,6-7,10-11H,2-3,5,8-9,12-21H2,1H3,(H,28,33). The zero-order valence-corrected chi connectivity index (χ0v) is 21.7. The van der Waals surface area contributed by atoms with E-state index in [-0.39, 0.29) is 19.1 Å². The molecular formula is C27H39N3O7.